The summed E-state index contributed by atoms with van der Waals surface area (Å²) in [5.41, 5.74) is 2.38. The Balaban J connectivity index is 1.45. The van der Waals surface area contributed by atoms with Gasteiger partial charge in [0.15, 0.2) is 5.78 Å². The third-order valence-electron chi connectivity index (χ3n) is 6.05. The zero-order chi connectivity index (χ0) is 26.7. The summed E-state index contributed by atoms with van der Waals surface area (Å²) in [5.74, 6) is -0.392. The molecule has 0 aliphatic carbocycles. The number of thiophene rings is 1. The third-order valence-corrected chi connectivity index (χ3v) is 7.51. The molecule has 0 aliphatic heterocycles. The summed E-state index contributed by atoms with van der Waals surface area (Å²) in [6, 6.07) is 16.5. The third kappa shape index (κ3) is 6.28. The molecule has 9 heteroatoms. The van der Waals surface area contributed by atoms with E-state index in [2.05, 4.69) is 5.32 Å². The van der Waals surface area contributed by atoms with Crippen LogP contribution in [-0.2, 0) is 20.1 Å². The molecular formula is C28H29ClN4O3S. The summed E-state index contributed by atoms with van der Waals surface area (Å²) >= 11 is 7.40. The van der Waals surface area contributed by atoms with E-state index >= 15 is 0 Å². The lowest BCUT2D eigenvalue weighted by Gasteiger charge is -2.15. The molecule has 37 heavy (non-hydrogen) atoms. The number of aromatic nitrogens is 1. The first kappa shape index (κ1) is 26.6. The largest absolute Gasteiger partial charge is 0.378 e. The minimum Gasteiger partial charge on any atom is -0.378 e. The van der Waals surface area contributed by atoms with Crippen LogP contribution >= 0.6 is 22.9 Å². The number of anilines is 1. The minimum absolute atomic E-state index is 0.0311. The van der Waals surface area contributed by atoms with Gasteiger partial charge in [0.25, 0.3) is 5.91 Å². The fourth-order valence-electron chi connectivity index (χ4n) is 4.04. The van der Waals surface area contributed by atoms with Crippen molar-refractivity contribution >= 4 is 50.5 Å². The lowest BCUT2D eigenvalue weighted by Crippen LogP contribution is -2.29. The molecule has 2 aromatic carbocycles. The van der Waals surface area contributed by atoms with E-state index in [1.165, 1.54) is 11.3 Å². The van der Waals surface area contributed by atoms with Gasteiger partial charge in [0.05, 0.1) is 11.9 Å². The Morgan fingerprint density at radius 1 is 1.03 bits per heavy atom. The summed E-state index contributed by atoms with van der Waals surface area (Å²) in [6.45, 7) is 1.06. The molecule has 1 N–H and O–H groups in total. The summed E-state index contributed by atoms with van der Waals surface area (Å²) in [5, 5.41) is 3.94. The monoisotopic (exact) mass is 536 g/mol. The first-order valence-corrected chi connectivity index (χ1v) is 13.0. The predicted molar refractivity (Wildman–Crippen MR) is 151 cm³/mol. The summed E-state index contributed by atoms with van der Waals surface area (Å²) < 4.78 is 1.81. The number of nitrogens with one attached hydrogen (secondary N) is 1. The number of likely N-dealkylation sites (N-methyl/N-ethyl adjacent to an activating group) is 1. The fourth-order valence-corrected chi connectivity index (χ4v) is 5.33. The Morgan fingerprint density at radius 3 is 2.35 bits per heavy atom. The number of benzene rings is 2. The Bertz CT molecular complexity index is 1490. The van der Waals surface area contributed by atoms with E-state index in [9.17, 15) is 14.4 Å². The number of halogens is 1. The van der Waals surface area contributed by atoms with Crippen molar-refractivity contribution in [1.82, 2.24) is 14.8 Å². The molecule has 1 amide bonds. The van der Waals surface area contributed by atoms with E-state index in [0.717, 1.165) is 21.0 Å². The van der Waals surface area contributed by atoms with Crippen LogP contribution in [0.5, 0.6) is 0 Å². The number of hydrogen-bond donors (Lipinski definition) is 1. The maximum Gasteiger partial charge on any atom is 0.257 e. The lowest BCUT2D eigenvalue weighted by atomic mass is 10.1. The van der Waals surface area contributed by atoms with Crippen molar-refractivity contribution in [3.8, 4) is 0 Å². The highest BCUT2D eigenvalue weighted by Gasteiger charge is 2.18. The van der Waals surface area contributed by atoms with Crippen LogP contribution in [0.3, 0.4) is 0 Å². The molecule has 192 valence electrons. The van der Waals surface area contributed by atoms with Crippen LogP contribution in [0, 0.1) is 0 Å². The Morgan fingerprint density at radius 2 is 1.70 bits per heavy atom. The van der Waals surface area contributed by atoms with E-state index < -0.39 is 5.91 Å². The van der Waals surface area contributed by atoms with Gasteiger partial charge in [0, 0.05) is 61.6 Å². The van der Waals surface area contributed by atoms with Gasteiger partial charge in [0.1, 0.15) is 10.4 Å². The molecule has 0 saturated carbocycles. The van der Waals surface area contributed by atoms with Crippen LogP contribution in [0.2, 0.25) is 5.02 Å². The fraction of sp³-hybridized carbons (Fsp3) is 0.250. The normalized spacial score (nSPS) is 11.2. The average molecular weight is 537 g/mol. The molecule has 0 saturated heterocycles. The topological polar surface area (TPSA) is 74.7 Å². The Kier molecular flexibility index (Phi) is 8.12. The smallest absolute Gasteiger partial charge is 0.257 e. The van der Waals surface area contributed by atoms with Gasteiger partial charge in [-0.25, -0.2) is 0 Å². The first-order chi connectivity index (χ1) is 17.6. The van der Waals surface area contributed by atoms with Crippen LogP contribution in [-0.4, -0.2) is 48.8 Å². The van der Waals surface area contributed by atoms with Crippen LogP contribution in [0.4, 0.5) is 5.69 Å². The van der Waals surface area contributed by atoms with E-state index in [1.54, 1.807) is 22.9 Å². The van der Waals surface area contributed by atoms with Crippen LogP contribution in [0.15, 0.2) is 65.6 Å². The number of rotatable bonds is 9. The lowest BCUT2D eigenvalue weighted by molar-refractivity contribution is 0.0937. The van der Waals surface area contributed by atoms with Gasteiger partial charge in [-0.1, -0.05) is 23.7 Å². The molecule has 4 aromatic rings. The number of carbonyl (C=O) groups is 2. The maximum absolute atomic E-state index is 13.2. The van der Waals surface area contributed by atoms with Gasteiger partial charge in [-0.2, -0.15) is 0 Å². The number of aryl methyl sites for hydroxylation is 1. The molecule has 0 aliphatic rings. The van der Waals surface area contributed by atoms with Crippen molar-refractivity contribution < 1.29 is 9.59 Å². The van der Waals surface area contributed by atoms with Gasteiger partial charge in [0.2, 0.25) is 5.43 Å². The van der Waals surface area contributed by atoms with Crippen LogP contribution < -0.4 is 15.6 Å². The molecule has 7 nitrogen and oxygen atoms in total. The Hall–Kier alpha value is -3.46. The van der Waals surface area contributed by atoms with Crippen molar-refractivity contribution in [2.75, 3.05) is 32.6 Å². The van der Waals surface area contributed by atoms with Gasteiger partial charge in [-0.15, -0.1) is 11.3 Å². The number of carbonyl (C=O) groups excluding carboxylic acids is 2. The second-order valence-corrected chi connectivity index (χ2v) is 10.8. The zero-order valence-electron chi connectivity index (χ0n) is 21.2. The van der Waals surface area contributed by atoms with Gasteiger partial charge >= 0.3 is 0 Å². The van der Waals surface area contributed by atoms with E-state index in [-0.39, 0.29) is 23.3 Å². The average Bonchev–Trinajstić information content (AvgIpc) is 3.30. The highest BCUT2D eigenvalue weighted by atomic mass is 35.5. The van der Waals surface area contributed by atoms with Crippen molar-refractivity contribution in [1.29, 1.82) is 0 Å². The molecule has 0 atom stereocenters. The number of fused-ring (bicyclic) bond motifs is 1. The van der Waals surface area contributed by atoms with E-state index in [4.69, 9.17) is 11.6 Å². The van der Waals surface area contributed by atoms with Gasteiger partial charge < -0.3 is 14.8 Å². The number of hydrogen-bond acceptors (Lipinski definition) is 6. The zero-order valence-corrected chi connectivity index (χ0v) is 22.8. The van der Waals surface area contributed by atoms with Crippen LogP contribution in [0.1, 0.15) is 31.2 Å². The van der Waals surface area contributed by atoms with Gasteiger partial charge in [-0.05, 0) is 55.1 Å². The SMILES string of the molecule is CN(CC(=O)c1ccc(N(C)C)cc1)Cc1cc2c(=O)c(C(=O)NCc3ccc(Cl)cc3)cn(C)c2s1. The number of nitrogens with zero attached hydrogens (tertiary/aromatic N) is 3. The van der Waals surface area contributed by atoms with Crippen molar-refractivity contribution in [2.45, 2.75) is 13.1 Å². The second-order valence-electron chi connectivity index (χ2n) is 9.26. The van der Waals surface area contributed by atoms with Gasteiger partial charge in [-0.3, -0.25) is 19.3 Å². The molecule has 4 rings (SSSR count). The molecular weight excluding hydrogens is 508 g/mol. The van der Waals surface area contributed by atoms with Crippen molar-refractivity contribution in [3.05, 3.63) is 97.6 Å². The highest BCUT2D eigenvalue weighted by Crippen LogP contribution is 2.25. The number of ketones is 1. The molecule has 2 heterocycles. The molecule has 0 bridgehead atoms. The standard InChI is InChI=1S/C28H29ClN4O3S/c1-31(2)21-11-7-19(8-12-21)25(34)17-32(3)15-22-13-23-26(35)24(16-33(4)28(23)37-22)27(36)30-14-18-5-9-20(29)10-6-18/h5-13,16H,14-15,17H2,1-4H3,(H,30,36). The first-order valence-electron chi connectivity index (χ1n) is 11.8. The second kappa shape index (κ2) is 11.3. The minimum atomic E-state index is -0.423. The number of pyridine rings is 1. The highest BCUT2D eigenvalue weighted by molar-refractivity contribution is 7.18. The van der Waals surface area contributed by atoms with E-state index in [1.807, 2.05) is 80.5 Å². The summed E-state index contributed by atoms with van der Waals surface area (Å²) in [7, 11) is 7.62. The Labute approximate surface area is 224 Å². The molecule has 0 unspecified atom stereocenters. The quantitative estimate of drug-likeness (QED) is 0.317. The molecule has 0 radical (unpaired) electrons. The number of amides is 1. The van der Waals surface area contributed by atoms with E-state index in [0.29, 0.717) is 29.1 Å². The van der Waals surface area contributed by atoms with Crippen LogP contribution in [0.25, 0.3) is 10.2 Å². The molecule has 0 fully saturated rings. The molecule has 2 aromatic heterocycles. The van der Waals surface area contributed by atoms with Crippen molar-refractivity contribution in [3.63, 3.8) is 0 Å². The number of Topliss-reactive ketones (excluding diaryl/α,β-unsaturated/α-hetero) is 1. The molecule has 0 spiro atoms. The summed E-state index contributed by atoms with van der Waals surface area (Å²) in [6.07, 6.45) is 1.58. The van der Waals surface area contributed by atoms with Crippen molar-refractivity contribution in [2.24, 2.45) is 7.05 Å². The predicted octanol–water partition coefficient (Wildman–Crippen LogP) is 4.56. The maximum atomic E-state index is 13.2. The summed E-state index contributed by atoms with van der Waals surface area (Å²) in [4.78, 5) is 44.4.